The molecule has 3 fully saturated rings. The van der Waals surface area contributed by atoms with Crippen LogP contribution in [0.15, 0.2) is 11.6 Å². The van der Waals surface area contributed by atoms with Crippen molar-refractivity contribution < 1.29 is 10.2 Å². The zero-order valence-corrected chi connectivity index (χ0v) is 19.0. The molecule has 8 atom stereocenters. The first-order valence-electron chi connectivity index (χ1n) is 12.1. The zero-order chi connectivity index (χ0) is 20.3. The Bertz CT molecular complexity index is 616. The Labute approximate surface area is 173 Å². The zero-order valence-electron chi connectivity index (χ0n) is 19.0. The van der Waals surface area contributed by atoms with Crippen molar-refractivity contribution in [2.45, 2.75) is 111 Å². The van der Waals surface area contributed by atoms with Gasteiger partial charge in [-0.1, -0.05) is 32.4 Å². The summed E-state index contributed by atoms with van der Waals surface area (Å²) in [7, 11) is 0. The number of aliphatic hydroxyl groups is 2. The maximum Gasteiger partial charge on any atom is 0.0591 e. The van der Waals surface area contributed by atoms with Gasteiger partial charge in [-0.25, -0.2) is 0 Å². The molecule has 0 saturated heterocycles. The van der Waals surface area contributed by atoms with Crippen LogP contribution in [-0.4, -0.2) is 21.9 Å². The Morgan fingerprint density at radius 1 is 1.07 bits per heavy atom. The van der Waals surface area contributed by atoms with Crippen molar-refractivity contribution in [3.05, 3.63) is 11.6 Å². The molecule has 0 aromatic heterocycles. The van der Waals surface area contributed by atoms with E-state index < -0.39 is 5.60 Å². The monoisotopic (exact) mass is 388 g/mol. The SMILES string of the molecule is C[C@H](CCC(C)(C)O)[C@H]1CC[C@H]2C3=CC[C@@H]4C[C@@H](O)CC[C@]4(C)[C@H]3CC[C@]12C. The first-order valence-corrected chi connectivity index (χ1v) is 12.1. The maximum absolute atomic E-state index is 10.2. The predicted octanol–water partition coefficient (Wildman–Crippen LogP) is 6.11. The Morgan fingerprint density at radius 3 is 2.46 bits per heavy atom. The van der Waals surface area contributed by atoms with Crippen LogP contribution >= 0.6 is 0 Å². The smallest absolute Gasteiger partial charge is 0.0591 e. The van der Waals surface area contributed by atoms with Crippen molar-refractivity contribution in [2.75, 3.05) is 0 Å². The van der Waals surface area contributed by atoms with Crippen LogP contribution in [0.25, 0.3) is 0 Å². The summed E-state index contributed by atoms with van der Waals surface area (Å²) in [6.45, 7) is 11.5. The highest BCUT2D eigenvalue weighted by atomic mass is 16.3. The van der Waals surface area contributed by atoms with Gasteiger partial charge in [-0.05, 0) is 118 Å². The van der Waals surface area contributed by atoms with Gasteiger partial charge in [-0.3, -0.25) is 0 Å². The van der Waals surface area contributed by atoms with Crippen molar-refractivity contribution in [1.29, 1.82) is 0 Å². The van der Waals surface area contributed by atoms with Crippen LogP contribution in [0.2, 0.25) is 0 Å². The van der Waals surface area contributed by atoms with Crippen LogP contribution < -0.4 is 0 Å². The fourth-order valence-electron chi connectivity index (χ4n) is 8.25. The molecule has 28 heavy (non-hydrogen) atoms. The molecule has 2 N–H and O–H groups in total. The van der Waals surface area contributed by atoms with E-state index >= 15 is 0 Å². The van der Waals surface area contributed by atoms with Gasteiger partial charge in [0, 0.05) is 0 Å². The molecule has 0 unspecified atom stereocenters. The van der Waals surface area contributed by atoms with Crippen molar-refractivity contribution in [3.63, 3.8) is 0 Å². The minimum absolute atomic E-state index is 0.0608. The maximum atomic E-state index is 10.2. The molecule has 4 aliphatic rings. The molecule has 0 radical (unpaired) electrons. The molecule has 0 bridgehead atoms. The van der Waals surface area contributed by atoms with Crippen molar-refractivity contribution in [2.24, 2.45) is 40.4 Å². The average Bonchev–Trinajstić information content (AvgIpc) is 2.97. The second-order valence-electron chi connectivity index (χ2n) is 12.2. The van der Waals surface area contributed by atoms with E-state index in [0.29, 0.717) is 22.7 Å². The van der Waals surface area contributed by atoms with E-state index in [1.54, 1.807) is 0 Å². The molecular formula is C26H44O2. The molecule has 160 valence electrons. The van der Waals surface area contributed by atoms with Gasteiger partial charge in [0.15, 0.2) is 0 Å². The molecule has 0 aromatic carbocycles. The quantitative estimate of drug-likeness (QED) is 0.570. The average molecular weight is 389 g/mol. The fraction of sp³-hybridized carbons (Fsp3) is 0.923. The minimum Gasteiger partial charge on any atom is -0.393 e. The van der Waals surface area contributed by atoms with Crippen LogP contribution in [0.5, 0.6) is 0 Å². The number of aliphatic hydroxyl groups excluding tert-OH is 1. The third-order valence-electron chi connectivity index (χ3n) is 10.0. The second kappa shape index (κ2) is 7.12. The van der Waals surface area contributed by atoms with Crippen molar-refractivity contribution in [1.82, 2.24) is 0 Å². The molecule has 0 aromatic rings. The summed E-state index contributed by atoms with van der Waals surface area (Å²) < 4.78 is 0. The van der Waals surface area contributed by atoms with Crippen molar-refractivity contribution >= 4 is 0 Å². The van der Waals surface area contributed by atoms with Crippen LogP contribution in [0.4, 0.5) is 0 Å². The van der Waals surface area contributed by atoms with Gasteiger partial charge >= 0.3 is 0 Å². The van der Waals surface area contributed by atoms with E-state index in [0.717, 1.165) is 43.4 Å². The molecule has 0 amide bonds. The van der Waals surface area contributed by atoms with Crippen LogP contribution in [0.3, 0.4) is 0 Å². The molecular weight excluding hydrogens is 344 g/mol. The van der Waals surface area contributed by atoms with Gasteiger partial charge in [0.05, 0.1) is 11.7 Å². The first-order chi connectivity index (χ1) is 13.0. The van der Waals surface area contributed by atoms with Gasteiger partial charge in [0.25, 0.3) is 0 Å². The Balaban J connectivity index is 1.53. The number of hydrogen-bond acceptors (Lipinski definition) is 2. The molecule has 2 nitrogen and oxygen atoms in total. The summed E-state index contributed by atoms with van der Waals surface area (Å²) in [6, 6.07) is 0. The molecule has 3 saturated carbocycles. The lowest BCUT2D eigenvalue weighted by Crippen LogP contribution is -2.49. The fourth-order valence-corrected chi connectivity index (χ4v) is 8.25. The lowest BCUT2D eigenvalue weighted by atomic mass is 9.47. The summed E-state index contributed by atoms with van der Waals surface area (Å²) in [4.78, 5) is 0. The molecule has 0 spiro atoms. The number of fused-ring (bicyclic) bond motifs is 5. The van der Waals surface area contributed by atoms with E-state index in [2.05, 4.69) is 26.8 Å². The summed E-state index contributed by atoms with van der Waals surface area (Å²) in [5.74, 6) is 3.75. The minimum atomic E-state index is -0.536. The third-order valence-corrected chi connectivity index (χ3v) is 10.0. The predicted molar refractivity (Wildman–Crippen MR) is 116 cm³/mol. The van der Waals surface area contributed by atoms with Gasteiger partial charge in [-0.2, -0.15) is 0 Å². The topological polar surface area (TPSA) is 40.5 Å². The van der Waals surface area contributed by atoms with Gasteiger partial charge < -0.3 is 10.2 Å². The molecule has 4 rings (SSSR count). The van der Waals surface area contributed by atoms with Crippen molar-refractivity contribution in [3.8, 4) is 0 Å². The third kappa shape index (κ3) is 3.41. The standard InChI is InChI=1S/C26H44O2/c1-17(10-13-24(2,3)28)21-8-9-22-20-7-6-18-16-19(27)11-14-25(18,4)23(20)12-15-26(21,22)5/h7,17-19,21-23,27-28H,6,8-16H2,1-5H3/t17-,18-,19+,21-,22+,23+,25+,26-/m1/s1. The highest BCUT2D eigenvalue weighted by Crippen LogP contribution is 2.66. The lowest BCUT2D eigenvalue weighted by molar-refractivity contribution is -0.0433. The molecule has 4 aliphatic carbocycles. The molecule has 2 heteroatoms. The van der Waals surface area contributed by atoms with Crippen LogP contribution in [-0.2, 0) is 0 Å². The Morgan fingerprint density at radius 2 is 1.75 bits per heavy atom. The number of hydrogen-bond donors (Lipinski definition) is 2. The highest BCUT2D eigenvalue weighted by Gasteiger charge is 2.58. The highest BCUT2D eigenvalue weighted by molar-refractivity contribution is 5.27. The van der Waals surface area contributed by atoms with E-state index in [-0.39, 0.29) is 6.10 Å². The van der Waals surface area contributed by atoms with E-state index in [1.807, 2.05) is 19.4 Å². The number of allylic oxidation sites excluding steroid dienone is 2. The van der Waals surface area contributed by atoms with Gasteiger partial charge in [0.1, 0.15) is 0 Å². The molecule has 0 aliphatic heterocycles. The largest absolute Gasteiger partial charge is 0.393 e. The summed E-state index contributed by atoms with van der Waals surface area (Å²) in [6.07, 6.45) is 14.6. The first kappa shape index (κ1) is 20.9. The Hall–Kier alpha value is -0.340. The van der Waals surface area contributed by atoms with Crippen LogP contribution in [0.1, 0.15) is 98.8 Å². The summed E-state index contributed by atoms with van der Waals surface area (Å²) in [5.41, 5.74) is 2.17. The van der Waals surface area contributed by atoms with E-state index in [9.17, 15) is 10.2 Å². The van der Waals surface area contributed by atoms with Gasteiger partial charge in [-0.15, -0.1) is 0 Å². The van der Waals surface area contributed by atoms with E-state index in [1.165, 1.54) is 38.5 Å². The second-order valence-corrected chi connectivity index (χ2v) is 12.2. The summed E-state index contributed by atoms with van der Waals surface area (Å²) >= 11 is 0. The van der Waals surface area contributed by atoms with Gasteiger partial charge in [0.2, 0.25) is 0 Å². The van der Waals surface area contributed by atoms with E-state index in [4.69, 9.17) is 0 Å². The summed E-state index contributed by atoms with van der Waals surface area (Å²) in [5, 5.41) is 20.4. The Kier molecular flexibility index (Phi) is 5.32. The normalized spacial score (nSPS) is 47.0. The van der Waals surface area contributed by atoms with Crippen LogP contribution in [0, 0.1) is 40.4 Å². The molecule has 0 heterocycles. The number of rotatable bonds is 4. The lowest BCUT2D eigenvalue weighted by Gasteiger charge is -2.57.